The average molecular weight is 496 g/mol. The van der Waals surface area contributed by atoms with Gasteiger partial charge in [0.15, 0.2) is 0 Å². The molecule has 32 heavy (non-hydrogen) atoms. The largest absolute Gasteiger partial charge is 0.401 e. The highest BCUT2D eigenvalue weighted by atomic mass is 35.5. The first-order valence-electron chi connectivity index (χ1n) is 9.13. The van der Waals surface area contributed by atoms with Crippen LogP contribution in [0.4, 0.5) is 5.69 Å². The number of hydrogen-bond donors (Lipinski definition) is 3. The number of halogens is 3. The molecule has 0 radical (unpaired) electrons. The first kappa shape index (κ1) is 25.1. The fourth-order valence-corrected chi connectivity index (χ4v) is 2.89. The molecule has 0 bridgehead atoms. The Hall–Kier alpha value is -3.14. The number of aromatic nitrogens is 5. The summed E-state index contributed by atoms with van der Waals surface area (Å²) < 4.78 is 1.30. The molecule has 0 saturated heterocycles. The number of nitrogen functional groups attached to an aromatic ring is 1. The van der Waals surface area contributed by atoms with Crippen LogP contribution in [0, 0.1) is 13.8 Å². The van der Waals surface area contributed by atoms with Gasteiger partial charge >= 0.3 is 0 Å². The topological polar surface area (TPSA) is 138 Å². The normalized spacial score (nSPS) is 12.2. The molecule has 0 unspecified atom stereocenters. The maximum atomic E-state index is 11.8. The summed E-state index contributed by atoms with van der Waals surface area (Å²) in [6.45, 7) is 4.24. The van der Waals surface area contributed by atoms with E-state index in [0.29, 0.717) is 39.2 Å². The molecule has 3 aromatic rings. The van der Waals surface area contributed by atoms with Gasteiger partial charge in [0.1, 0.15) is 22.6 Å². The Bertz CT molecular complexity index is 1180. The van der Waals surface area contributed by atoms with Crippen LogP contribution < -0.4 is 22.3 Å². The fraction of sp³-hybridized carbons (Fsp3) is 0.150. The Morgan fingerprint density at radius 3 is 2.19 bits per heavy atom. The van der Waals surface area contributed by atoms with Crippen molar-refractivity contribution >= 4 is 40.5 Å². The van der Waals surface area contributed by atoms with Crippen molar-refractivity contribution in [2.24, 2.45) is 5.73 Å². The van der Waals surface area contributed by atoms with E-state index in [2.05, 4.69) is 25.3 Å². The number of nitrogens with zero attached hydrogens (tertiary/aromatic N) is 5. The minimum Gasteiger partial charge on any atom is -0.401 e. The van der Waals surface area contributed by atoms with Crippen molar-refractivity contribution in [1.82, 2.24) is 29.8 Å². The summed E-state index contributed by atoms with van der Waals surface area (Å²) in [5.74, 6) is 1.73. The Balaban J connectivity index is 0.000000190. The van der Waals surface area contributed by atoms with Crippen LogP contribution in [-0.4, -0.2) is 31.0 Å². The predicted octanol–water partition coefficient (Wildman–Crippen LogP) is 3.12. The summed E-state index contributed by atoms with van der Waals surface area (Å²) in [7, 11) is 0. The molecule has 1 aliphatic rings. The zero-order chi connectivity index (χ0) is 23.7. The molecule has 0 aliphatic carbocycles. The molecule has 4 heterocycles. The summed E-state index contributed by atoms with van der Waals surface area (Å²) in [5, 5.41) is 4.44. The van der Waals surface area contributed by atoms with Gasteiger partial charge in [0.2, 0.25) is 0 Å². The quantitative estimate of drug-likeness (QED) is 0.438. The van der Waals surface area contributed by atoms with Gasteiger partial charge in [0.05, 0.1) is 22.3 Å². The molecule has 0 aromatic carbocycles. The van der Waals surface area contributed by atoms with Gasteiger partial charge in [-0.15, -0.1) is 0 Å². The van der Waals surface area contributed by atoms with E-state index < -0.39 is 0 Å². The van der Waals surface area contributed by atoms with Crippen molar-refractivity contribution in [3.8, 4) is 5.82 Å². The van der Waals surface area contributed by atoms with E-state index in [4.69, 9.17) is 46.3 Å². The first-order chi connectivity index (χ1) is 15.2. The van der Waals surface area contributed by atoms with Gasteiger partial charge in [0, 0.05) is 30.5 Å². The van der Waals surface area contributed by atoms with Gasteiger partial charge in [-0.25, -0.2) is 19.9 Å². The Morgan fingerprint density at radius 1 is 1.03 bits per heavy atom. The number of dihydropyridines is 1. The lowest BCUT2D eigenvalue weighted by atomic mass is 10.3. The molecule has 168 valence electrons. The van der Waals surface area contributed by atoms with Crippen LogP contribution in [0.5, 0.6) is 0 Å². The third kappa shape index (κ3) is 8.18. The molecule has 12 heteroatoms. The van der Waals surface area contributed by atoms with Crippen LogP contribution >= 0.6 is 34.8 Å². The third-order valence-electron chi connectivity index (χ3n) is 3.63. The van der Waals surface area contributed by atoms with Gasteiger partial charge in [-0.1, -0.05) is 34.8 Å². The molecular weight excluding hydrogens is 475 g/mol. The fourth-order valence-electron chi connectivity index (χ4n) is 2.28. The molecule has 0 amide bonds. The molecule has 5 N–H and O–H groups in total. The maximum absolute atomic E-state index is 11.8. The van der Waals surface area contributed by atoms with E-state index in [1.54, 1.807) is 50.6 Å². The van der Waals surface area contributed by atoms with Crippen LogP contribution in [0.2, 0.25) is 10.2 Å². The number of aryl methyl sites for hydroxylation is 2. The van der Waals surface area contributed by atoms with Crippen molar-refractivity contribution in [3.63, 3.8) is 0 Å². The Kier molecular flexibility index (Phi) is 9.45. The van der Waals surface area contributed by atoms with Crippen LogP contribution in [0.15, 0.2) is 64.6 Å². The van der Waals surface area contributed by atoms with Crippen molar-refractivity contribution in [2.45, 2.75) is 13.8 Å². The molecule has 3 aromatic heterocycles. The first-order valence-corrected chi connectivity index (χ1v) is 10.3. The summed E-state index contributed by atoms with van der Waals surface area (Å²) in [5.41, 5.74) is 11.5. The van der Waals surface area contributed by atoms with Gasteiger partial charge in [-0.05, 0) is 38.1 Å². The molecule has 9 nitrogen and oxygen atoms in total. The van der Waals surface area contributed by atoms with Gasteiger partial charge in [-0.2, -0.15) is 0 Å². The highest BCUT2D eigenvalue weighted by Gasteiger charge is 2.06. The molecule has 4 rings (SSSR count). The van der Waals surface area contributed by atoms with E-state index in [-0.39, 0.29) is 11.2 Å². The number of allylic oxidation sites excluding steroid dienone is 2. The summed E-state index contributed by atoms with van der Waals surface area (Å²) in [6, 6.07) is 4.67. The van der Waals surface area contributed by atoms with Crippen LogP contribution in [0.1, 0.15) is 11.6 Å². The lowest BCUT2D eigenvalue weighted by Gasteiger charge is -2.06. The Morgan fingerprint density at radius 2 is 1.69 bits per heavy atom. The van der Waals surface area contributed by atoms with E-state index in [1.165, 1.54) is 16.8 Å². The summed E-state index contributed by atoms with van der Waals surface area (Å²) in [4.78, 5) is 27.5. The zero-order valence-electron chi connectivity index (χ0n) is 17.3. The lowest BCUT2D eigenvalue weighted by Crippen LogP contribution is -2.21. The second-order valence-corrected chi connectivity index (χ2v) is 7.57. The summed E-state index contributed by atoms with van der Waals surface area (Å²) in [6.07, 6.45) is 8.13. The number of nitrogens with two attached hydrogens (primary N) is 2. The monoisotopic (exact) mass is 494 g/mol. The summed E-state index contributed by atoms with van der Waals surface area (Å²) >= 11 is 16.9. The molecule has 0 spiro atoms. The number of rotatable bonds is 1. The maximum Gasteiger partial charge on any atom is 0.279 e. The molecule has 1 aliphatic heterocycles. The highest BCUT2D eigenvalue weighted by molar-refractivity contribution is 6.31. The van der Waals surface area contributed by atoms with E-state index in [9.17, 15) is 4.79 Å². The van der Waals surface area contributed by atoms with Gasteiger partial charge < -0.3 is 16.8 Å². The SMILES string of the molecule is Cc1nccc(-n2cc(Cl)cc(N)c2=O)n1.Cc1nccc(Cl)n1.NC1=CC(Cl)=CNC1. The minimum absolute atomic E-state index is 0.0868. The molecular formula is C20H21Cl3N8O. The highest BCUT2D eigenvalue weighted by Crippen LogP contribution is 2.11. The van der Waals surface area contributed by atoms with E-state index in [1.807, 2.05) is 0 Å². The van der Waals surface area contributed by atoms with Gasteiger partial charge in [0.25, 0.3) is 5.56 Å². The number of pyridine rings is 1. The number of anilines is 1. The van der Waals surface area contributed by atoms with E-state index in [0.717, 1.165) is 5.70 Å². The average Bonchev–Trinajstić information content (AvgIpc) is 2.71. The van der Waals surface area contributed by atoms with Crippen molar-refractivity contribution in [2.75, 3.05) is 12.3 Å². The number of hydrogen-bond acceptors (Lipinski definition) is 8. The second-order valence-electron chi connectivity index (χ2n) is 6.31. The molecule has 0 atom stereocenters. The molecule has 0 saturated carbocycles. The standard InChI is InChI=1S/C10H9ClN4O.C5H7ClN2.C5H5ClN2/c1-6-13-3-2-9(14-6)15-5-7(11)4-8(12)10(15)16;6-4-1-5(7)3-8-2-4;1-4-7-3-2-5(6)8-4/h2-5H,12H2,1H3;1-2,8H,3,7H2;2-3H,1H3. The minimum atomic E-state index is -0.345. The lowest BCUT2D eigenvalue weighted by molar-refractivity contribution is 0.904. The van der Waals surface area contributed by atoms with Crippen molar-refractivity contribution in [1.29, 1.82) is 0 Å². The molecule has 0 fully saturated rings. The van der Waals surface area contributed by atoms with E-state index >= 15 is 0 Å². The van der Waals surface area contributed by atoms with Crippen molar-refractivity contribution in [3.05, 3.63) is 92.0 Å². The second kappa shape index (κ2) is 12.0. The van der Waals surface area contributed by atoms with Crippen LogP contribution in [0.25, 0.3) is 5.82 Å². The van der Waals surface area contributed by atoms with Gasteiger partial charge in [-0.3, -0.25) is 9.36 Å². The third-order valence-corrected chi connectivity index (χ3v) is 4.27. The Labute approximate surface area is 199 Å². The zero-order valence-corrected chi connectivity index (χ0v) is 19.5. The van der Waals surface area contributed by atoms with Crippen LogP contribution in [-0.2, 0) is 0 Å². The van der Waals surface area contributed by atoms with Crippen molar-refractivity contribution < 1.29 is 0 Å². The van der Waals surface area contributed by atoms with Crippen LogP contribution in [0.3, 0.4) is 0 Å². The predicted molar refractivity (Wildman–Crippen MR) is 128 cm³/mol. The smallest absolute Gasteiger partial charge is 0.279 e. The number of nitrogens with one attached hydrogen (secondary N) is 1.